The van der Waals surface area contributed by atoms with Gasteiger partial charge in [-0.05, 0) is 18.2 Å². The normalized spacial score (nSPS) is 15.0. The van der Waals surface area contributed by atoms with Gasteiger partial charge in [0.15, 0.2) is 0 Å². The van der Waals surface area contributed by atoms with Gasteiger partial charge in [0, 0.05) is 38.6 Å². The molecule has 108 valence electrons. The molecular formula is C14H17N7. The smallest absolute Gasteiger partial charge is 0.225 e. The number of aromatic nitrogens is 3. The van der Waals surface area contributed by atoms with Gasteiger partial charge in [-0.2, -0.15) is 0 Å². The number of rotatable bonds is 3. The summed E-state index contributed by atoms with van der Waals surface area (Å²) in [6, 6.07) is 5.56. The Hall–Kier alpha value is -2.70. The summed E-state index contributed by atoms with van der Waals surface area (Å²) in [7, 11) is 0. The van der Waals surface area contributed by atoms with Gasteiger partial charge >= 0.3 is 0 Å². The van der Waals surface area contributed by atoms with Crippen LogP contribution in [-0.2, 0) is 0 Å². The molecule has 1 saturated heterocycles. The van der Waals surface area contributed by atoms with E-state index in [1.54, 1.807) is 24.7 Å². The van der Waals surface area contributed by atoms with Crippen molar-refractivity contribution in [2.24, 2.45) is 5.73 Å². The summed E-state index contributed by atoms with van der Waals surface area (Å²) in [4.78, 5) is 17.2. The molecule has 1 fully saturated rings. The van der Waals surface area contributed by atoms with E-state index in [0.29, 0.717) is 5.69 Å². The molecule has 0 aromatic carbocycles. The Balaban J connectivity index is 1.64. The van der Waals surface area contributed by atoms with E-state index in [1.807, 2.05) is 12.1 Å². The van der Waals surface area contributed by atoms with E-state index in [9.17, 15) is 0 Å². The molecule has 21 heavy (non-hydrogen) atoms. The molecule has 0 saturated carbocycles. The second-order valence-electron chi connectivity index (χ2n) is 4.84. The van der Waals surface area contributed by atoms with E-state index in [1.165, 1.54) is 0 Å². The molecule has 1 aliphatic rings. The molecule has 0 spiro atoms. The van der Waals surface area contributed by atoms with Gasteiger partial charge in [-0.3, -0.25) is 10.4 Å². The van der Waals surface area contributed by atoms with E-state index >= 15 is 0 Å². The van der Waals surface area contributed by atoms with Crippen molar-refractivity contribution in [3.63, 3.8) is 0 Å². The first-order valence-electron chi connectivity index (χ1n) is 6.81. The second-order valence-corrected chi connectivity index (χ2v) is 4.84. The van der Waals surface area contributed by atoms with E-state index in [-0.39, 0.29) is 5.84 Å². The van der Waals surface area contributed by atoms with Gasteiger partial charge in [0.1, 0.15) is 11.5 Å². The summed E-state index contributed by atoms with van der Waals surface area (Å²) in [6.45, 7) is 3.52. The first-order chi connectivity index (χ1) is 10.2. The monoisotopic (exact) mass is 283 g/mol. The molecule has 3 heterocycles. The average molecular weight is 283 g/mol. The van der Waals surface area contributed by atoms with E-state index in [4.69, 9.17) is 11.1 Å². The molecule has 3 rings (SSSR count). The minimum absolute atomic E-state index is 0.00686. The number of piperazine rings is 1. The molecule has 0 aliphatic carbocycles. The second kappa shape index (κ2) is 5.74. The van der Waals surface area contributed by atoms with Crippen LogP contribution in [0.2, 0.25) is 0 Å². The van der Waals surface area contributed by atoms with Crippen molar-refractivity contribution < 1.29 is 0 Å². The molecule has 7 nitrogen and oxygen atoms in total. The topological polar surface area (TPSA) is 95.0 Å². The third-order valence-electron chi connectivity index (χ3n) is 3.50. The number of hydrogen-bond acceptors (Lipinski definition) is 6. The highest BCUT2D eigenvalue weighted by atomic mass is 15.3. The molecular weight excluding hydrogens is 266 g/mol. The lowest BCUT2D eigenvalue weighted by Gasteiger charge is -2.35. The predicted octanol–water partition coefficient (Wildman–Crippen LogP) is 0.482. The van der Waals surface area contributed by atoms with Crippen molar-refractivity contribution in [3.05, 3.63) is 42.5 Å². The predicted molar refractivity (Wildman–Crippen MR) is 81.7 cm³/mol. The maximum Gasteiger partial charge on any atom is 0.225 e. The quantitative estimate of drug-likeness (QED) is 0.628. The van der Waals surface area contributed by atoms with Gasteiger partial charge in [-0.25, -0.2) is 9.97 Å². The van der Waals surface area contributed by atoms with Crippen molar-refractivity contribution in [2.75, 3.05) is 36.0 Å². The molecule has 0 atom stereocenters. The number of anilines is 2. The summed E-state index contributed by atoms with van der Waals surface area (Å²) < 4.78 is 0. The van der Waals surface area contributed by atoms with E-state index in [0.717, 1.165) is 37.8 Å². The number of amidine groups is 1. The first kappa shape index (κ1) is 13.3. The van der Waals surface area contributed by atoms with Crippen LogP contribution in [0.15, 0.2) is 36.8 Å². The molecule has 3 N–H and O–H groups in total. The third-order valence-corrected chi connectivity index (χ3v) is 3.50. The lowest BCUT2D eigenvalue weighted by atomic mass is 10.2. The Kier molecular flexibility index (Phi) is 3.63. The van der Waals surface area contributed by atoms with Crippen LogP contribution in [0, 0.1) is 5.41 Å². The lowest BCUT2D eigenvalue weighted by Crippen LogP contribution is -2.47. The molecule has 0 amide bonds. The Morgan fingerprint density at radius 2 is 1.67 bits per heavy atom. The highest BCUT2D eigenvalue weighted by Crippen LogP contribution is 2.17. The third kappa shape index (κ3) is 2.91. The van der Waals surface area contributed by atoms with Gasteiger partial charge in [-0.1, -0.05) is 0 Å². The summed E-state index contributed by atoms with van der Waals surface area (Å²) >= 11 is 0. The van der Waals surface area contributed by atoms with Crippen molar-refractivity contribution in [2.45, 2.75) is 0 Å². The fourth-order valence-corrected chi connectivity index (χ4v) is 2.35. The largest absolute Gasteiger partial charge is 0.382 e. The number of hydrogen-bond donors (Lipinski definition) is 2. The zero-order valence-corrected chi connectivity index (χ0v) is 11.6. The number of nitrogens with two attached hydrogens (primary N) is 1. The van der Waals surface area contributed by atoms with Crippen LogP contribution in [0.3, 0.4) is 0 Å². The Morgan fingerprint density at radius 3 is 2.24 bits per heavy atom. The maximum atomic E-state index is 7.35. The van der Waals surface area contributed by atoms with E-state index in [2.05, 4.69) is 24.8 Å². The fraction of sp³-hybridized carbons (Fsp3) is 0.286. The van der Waals surface area contributed by atoms with Crippen molar-refractivity contribution in [1.29, 1.82) is 5.41 Å². The minimum Gasteiger partial charge on any atom is -0.382 e. The highest BCUT2D eigenvalue weighted by Gasteiger charge is 2.19. The Bertz CT molecular complexity index is 603. The summed E-state index contributed by atoms with van der Waals surface area (Å²) in [5, 5.41) is 7.35. The lowest BCUT2D eigenvalue weighted by molar-refractivity contribution is 0.639. The summed E-state index contributed by atoms with van der Waals surface area (Å²) in [5.74, 6) is 0.773. The summed E-state index contributed by atoms with van der Waals surface area (Å²) in [5.41, 5.74) is 6.97. The highest BCUT2D eigenvalue weighted by molar-refractivity contribution is 5.93. The van der Waals surface area contributed by atoms with Gasteiger partial charge in [-0.15, -0.1) is 0 Å². The van der Waals surface area contributed by atoms with Crippen molar-refractivity contribution >= 4 is 17.5 Å². The fourth-order valence-electron chi connectivity index (χ4n) is 2.35. The van der Waals surface area contributed by atoms with Gasteiger partial charge < -0.3 is 15.5 Å². The molecule has 0 bridgehead atoms. The van der Waals surface area contributed by atoms with Crippen LogP contribution in [-0.4, -0.2) is 47.0 Å². The standard InChI is InChI=1S/C14H17N7/c15-13(16)12-3-2-11(10-19-12)20-6-8-21(9-7-20)14-17-4-1-5-18-14/h1-5,10H,6-9H2,(H3,15,16). The van der Waals surface area contributed by atoms with Crippen molar-refractivity contribution in [1.82, 2.24) is 15.0 Å². The van der Waals surface area contributed by atoms with Crippen LogP contribution in [0.25, 0.3) is 0 Å². The molecule has 0 radical (unpaired) electrons. The first-order valence-corrected chi connectivity index (χ1v) is 6.81. The molecule has 7 heteroatoms. The average Bonchev–Trinajstić information content (AvgIpc) is 2.56. The van der Waals surface area contributed by atoms with Crippen LogP contribution in [0.4, 0.5) is 11.6 Å². The number of nitrogens with one attached hydrogen (secondary N) is 1. The summed E-state index contributed by atoms with van der Waals surface area (Å²) in [6.07, 6.45) is 5.30. The Morgan fingerprint density at radius 1 is 1.00 bits per heavy atom. The number of nitrogens with zero attached hydrogens (tertiary/aromatic N) is 5. The molecule has 1 aliphatic heterocycles. The van der Waals surface area contributed by atoms with Crippen LogP contribution in [0.5, 0.6) is 0 Å². The minimum atomic E-state index is -0.00686. The van der Waals surface area contributed by atoms with Crippen LogP contribution < -0.4 is 15.5 Å². The molecule has 2 aromatic rings. The van der Waals surface area contributed by atoms with Gasteiger partial charge in [0.05, 0.1) is 11.9 Å². The van der Waals surface area contributed by atoms with Gasteiger partial charge in [0.2, 0.25) is 5.95 Å². The zero-order chi connectivity index (χ0) is 14.7. The number of pyridine rings is 1. The zero-order valence-electron chi connectivity index (χ0n) is 11.6. The number of nitrogen functional groups attached to an aromatic ring is 1. The maximum absolute atomic E-state index is 7.35. The molecule has 0 unspecified atom stereocenters. The van der Waals surface area contributed by atoms with Crippen LogP contribution in [0.1, 0.15) is 5.69 Å². The van der Waals surface area contributed by atoms with E-state index < -0.39 is 0 Å². The Labute approximate surface area is 123 Å². The molecule has 2 aromatic heterocycles. The van der Waals surface area contributed by atoms with Gasteiger partial charge in [0.25, 0.3) is 0 Å². The van der Waals surface area contributed by atoms with Crippen molar-refractivity contribution in [3.8, 4) is 0 Å². The SMILES string of the molecule is N=C(N)c1ccc(N2CCN(c3ncccn3)CC2)cn1. The van der Waals surface area contributed by atoms with Crippen LogP contribution >= 0.6 is 0 Å².